The smallest absolute Gasteiger partial charge is 0.407 e. The third-order valence-electron chi connectivity index (χ3n) is 4.37. The lowest BCUT2D eigenvalue weighted by molar-refractivity contribution is -0.148. The number of aliphatic carboxylic acids is 1. The van der Waals surface area contributed by atoms with Crippen LogP contribution in [-0.4, -0.2) is 136 Å². The third kappa shape index (κ3) is 31.4. The lowest BCUT2D eigenvalue weighted by Crippen LogP contribution is -2.33. The highest BCUT2D eigenvalue weighted by atomic mass is 32.2. The molecule has 0 spiro atoms. The lowest BCUT2D eigenvalue weighted by Gasteiger charge is -2.19. The minimum absolute atomic E-state index is 0.177. The molecule has 0 atom stereocenters. The van der Waals surface area contributed by atoms with E-state index in [1.165, 1.54) is 0 Å². The van der Waals surface area contributed by atoms with Gasteiger partial charge < -0.3 is 48.9 Å². The number of thioether (sulfide) groups is 2. The predicted molar refractivity (Wildman–Crippen MR) is 164 cm³/mol. The van der Waals surface area contributed by atoms with Crippen LogP contribution >= 0.6 is 23.5 Å². The number of carbonyl (C=O) groups excluding carboxylic acids is 2. The Balaban J connectivity index is 3.73. The van der Waals surface area contributed by atoms with E-state index < -0.39 is 42.1 Å². The average Bonchev–Trinajstić information content (AvgIpc) is 2.86. The quantitative estimate of drug-likeness (QED) is 0.125. The molecule has 0 aromatic carbocycles. The van der Waals surface area contributed by atoms with Crippen molar-refractivity contribution < 1.29 is 52.6 Å². The van der Waals surface area contributed by atoms with Crippen LogP contribution in [0.25, 0.3) is 0 Å². The molecule has 2 amide bonds. The molecule has 0 aromatic heterocycles. The maximum absolute atomic E-state index is 11.6. The molecule has 0 saturated heterocycles. The van der Waals surface area contributed by atoms with E-state index in [9.17, 15) is 14.4 Å². The third-order valence-corrected chi connectivity index (χ3v) is 6.26. The number of hydrogen-bond donors (Lipinski definition) is 3. The second-order valence-corrected chi connectivity index (χ2v) is 13.2. The van der Waals surface area contributed by atoms with Crippen LogP contribution in [0.3, 0.4) is 0 Å². The first-order valence-electron chi connectivity index (χ1n) is 14.0. The van der Waals surface area contributed by atoms with Crippen molar-refractivity contribution in [3.05, 3.63) is 0 Å². The molecule has 0 aromatic rings. The maximum Gasteiger partial charge on any atom is 0.407 e. The average molecular weight is 645 g/mol. The Kier molecular flexibility index (Phi) is 24.0. The van der Waals surface area contributed by atoms with Crippen molar-refractivity contribution in [2.45, 2.75) is 58.8 Å². The molecule has 15 heteroatoms. The van der Waals surface area contributed by atoms with E-state index >= 15 is 0 Å². The molecule has 0 rings (SSSR count). The normalized spacial score (nSPS) is 11.9. The zero-order chi connectivity index (χ0) is 31.7. The van der Waals surface area contributed by atoms with E-state index in [4.69, 9.17) is 38.3 Å². The number of carbonyl (C=O) groups is 3. The van der Waals surface area contributed by atoms with Gasteiger partial charge >= 0.3 is 18.2 Å². The van der Waals surface area contributed by atoms with E-state index in [0.29, 0.717) is 52.7 Å². The second kappa shape index (κ2) is 24.9. The van der Waals surface area contributed by atoms with Crippen molar-refractivity contribution in [2.24, 2.45) is 0 Å². The summed E-state index contributed by atoms with van der Waals surface area (Å²) in [6.07, 6.45) is -1.37. The molecule has 248 valence electrons. The summed E-state index contributed by atoms with van der Waals surface area (Å²) in [5.41, 5.74) is -1.02. The van der Waals surface area contributed by atoms with Crippen LogP contribution in [0.15, 0.2) is 0 Å². The number of carboxylic acid groups (broad SMARTS) is 1. The van der Waals surface area contributed by atoms with Gasteiger partial charge in [-0.1, -0.05) is 0 Å². The van der Waals surface area contributed by atoms with Gasteiger partial charge in [0.25, 0.3) is 0 Å². The largest absolute Gasteiger partial charge is 0.480 e. The van der Waals surface area contributed by atoms with Gasteiger partial charge in [-0.25, -0.2) is 14.4 Å². The summed E-state index contributed by atoms with van der Waals surface area (Å²) in [6, 6.07) is 0. The Bertz CT molecular complexity index is 669. The fraction of sp³-hybridized carbons (Fsp3) is 0.889. The first-order valence-corrected chi connectivity index (χ1v) is 16.3. The number of alkyl carbamates (subject to hydrolysis) is 2. The standard InChI is InChI=1S/C27H52N2O11S2/c1-26(2,3)39-24(32)28-7-15-41-17-13-34-9-11-36-19-22(38-21-23(30)31)20-37-12-10-35-14-18-42-16-8-29-25(33)40-27(4,5)6/h22H,7-21H2,1-6H3,(H,28,32)(H,29,33)(H,30,31). The molecule has 0 heterocycles. The summed E-state index contributed by atoms with van der Waals surface area (Å²) < 4.78 is 37.9. The Morgan fingerprint density at radius 1 is 0.643 bits per heavy atom. The number of carboxylic acids is 1. The summed E-state index contributed by atoms with van der Waals surface area (Å²) in [6.45, 7) is 14.4. The molecule has 0 fully saturated rings. The van der Waals surface area contributed by atoms with E-state index in [2.05, 4.69) is 10.6 Å². The summed E-state index contributed by atoms with van der Waals surface area (Å²) in [4.78, 5) is 34.0. The summed E-state index contributed by atoms with van der Waals surface area (Å²) in [7, 11) is 0. The lowest BCUT2D eigenvalue weighted by atomic mass is 10.2. The van der Waals surface area contributed by atoms with Gasteiger partial charge in [-0.2, -0.15) is 23.5 Å². The first kappa shape index (κ1) is 40.5. The van der Waals surface area contributed by atoms with Crippen molar-refractivity contribution in [3.63, 3.8) is 0 Å². The minimum atomic E-state index is -1.07. The molecule has 0 aliphatic carbocycles. The van der Waals surface area contributed by atoms with Crippen LogP contribution in [0.4, 0.5) is 9.59 Å². The Hall–Kier alpha value is -1.49. The van der Waals surface area contributed by atoms with E-state index in [1.807, 2.05) is 41.5 Å². The molecule has 0 aliphatic rings. The van der Waals surface area contributed by atoms with Gasteiger partial charge in [-0.3, -0.25) is 0 Å². The Labute approximate surface area is 259 Å². The van der Waals surface area contributed by atoms with E-state index in [0.717, 1.165) is 23.0 Å². The minimum Gasteiger partial charge on any atom is -0.480 e. The van der Waals surface area contributed by atoms with Crippen LogP contribution < -0.4 is 10.6 Å². The topological polar surface area (TPSA) is 160 Å². The van der Waals surface area contributed by atoms with Gasteiger partial charge in [0.1, 0.15) is 23.9 Å². The first-order chi connectivity index (χ1) is 19.8. The van der Waals surface area contributed by atoms with Crippen LogP contribution in [0.2, 0.25) is 0 Å². The zero-order valence-electron chi connectivity index (χ0n) is 26.0. The maximum atomic E-state index is 11.6. The summed E-state index contributed by atoms with van der Waals surface area (Å²) in [5, 5.41) is 14.3. The summed E-state index contributed by atoms with van der Waals surface area (Å²) >= 11 is 3.31. The highest BCUT2D eigenvalue weighted by Gasteiger charge is 2.16. The van der Waals surface area contributed by atoms with Crippen LogP contribution in [0, 0.1) is 0 Å². The van der Waals surface area contributed by atoms with Crippen molar-refractivity contribution in [1.29, 1.82) is 0 Å². The number of ether oxygens (including phenoxy) is 7. The molecule has 0 radical (unpaired) electrons. The molecule has 3 N–H and O–H groups in total. The van der Waals surface area contributed by atoms with Gasteiger partial charge in [-0.15, -0.1) is 0 Å². The molecular formula is C27H52N2O11S2. The van der Waals surface area contributed by atoms with Gasteiger partial charge in [0, 0.05) is 36.1 Å². The zero-order valence-corrected chi connectivity index (χ0v) is 27.7. The Morgan fingerprint density at radius 2 is 1.05 bits per heavy atom. The number of rotatable bonds is 25. The fourth-order valence-corrected chi connectivity index (χ4v) is 4.09. The van der Waals surface area contributed by atoms with E-state index in [-0.39, 0.29) is 13.2 Å². The molecule has 0 bridgehead atoms. The highest BCUT2D eigenvalue weighted by Crippen LogP contribution is 2.07. The molecule has 13 nitrogen and oxygen atoms in total. The Morgan fingerprint density at radius 3 is 1.43 bits per heavy atom. The number of amides is 2. The van der Waals surface area contributed by atoms with Crippen molar-refractivity contribution in [2.75, 3.05) is 95.6 Å². The van der Waals surface area contributed by atoms with Gasteiger partial charge in [0.2, 0.25) is 0 Å². The molecule has 0 saturated carbocycles. The predicted octanol–water partition coefficient (Wildman–Crippen LogP) is 3.04. The van der Waals surface area contributed by atoms with Crippen molar-refractivity contribution >= 4 is 41.7 Å². The van der Waals surface area contributed by atoms with Crippen molar-refractivity contribution in [3.8, 4) is 0 Å². The molecule has 0 aliphatic heterocycles. The number of hydrogen-bond acceptors (Lipinski definition) is 12. The highest BCUT2D eigenvalue weighted by molar-refractivity contribution is 7.99. The van der Waals surface area contributed by atoms with Crippen LogP contribution in [0.5, 0.6) is 0 Å². The summed E-state index contributed by atoms with van der Waals surface area (Å²) in [5.74, 6) is 1.99. The molecule has 42 heavy (non-hydrogen) atoms. The second-order valence-electron chi connectivity index (χ2n) is 10.8. The monoisotopic (exact) mass is 644 g/mol. The molecule has 0 unspecified atom stereocenters. The van der Waals surface area contributed by atoms with Crippen LogP contribution in [-0.2, 0) is 38.0 Å². The fourth-order valence-electron chi connectivity index (χ4n) is 2.72. The van der Waals surface area contributed by atoms with Crippen molar-refractivity contribution in [1.82, 2.24) is 10.6 Å². The van der Waals surface area contributed by atoms with Gasteiger partial charge in [0.15, 0.2) is 0 Å². The SMILES string of the molecule is CC(C)(C)OC(=O)NCCSCCOCCOCC(COCCOCCSCCNC(=O)OC(C)(C)C)OCC(=O)O. The van der Waals surface area contributed by atoms with Crippen LogP contribution in [0.1, 0.15) is 41.5 Å². The van der Waals surface area contributed by atoms with E-state index in [1.54, 1.807) is 23.5 Å². The van der Waals surface area contributed by atoms with Gasteiger partial charge in [0.05, 0.1) is 52.9 Å². The van der Waals surface area contributed by atoms with Gasteiger partial charge in [-0.05, 0) is 41.5 Å². The molecular weight excluding hydrogens is 592 g/mol. The number of nitrogens with one attached hydrogen (secondary N) is 2.